The number of halogens is 1. The molecule has 94 valence electrons. The fraction of sp³-hybridized carbons (Fsp3) is 0.200. The minimum Gasteiger partial charge on any atom is -0.387 e. The second-order valence-electron chi connectivity index (χ2n) is 4.18. The van der Waals surface area contributed by atoms with Crippen LogP contribution in [0.3, 0.4) is 0 Å². The Balaban J connectivity index is 1.81. The zero-order chi connectivity index (χ0) is 12.8. The first kappa shape index (κ1) is 13.1. The summed E-state index contributed by atoms with van der Waals surface area (Å²) in [5, 5.41) is 13.9. The van der Waals surface area contributed by atoms with Crippen molar-refractivity contribution in [1.29, 1.82) is 0 Å². The summed E-state index contributed by atoms with van der Waals surface area (Å²) in [5.74, 6) is 0. The quantitative estimate of drug-likeness (QED) is 0.867. The molecule has 0 unspecified atom stereocenters. The average molecular weight is 262 g/mol. The van der Waals surface area contributed by atoms with Crippen LogP contribution in [0.1, 0.15) is 17.2 Å². The third-order valence-corrected chi connectivity index (χ3v) is 3.02. The van der Waals surface area contributed by atoms with Gasteiger partial charge in [0.05, 0.1) is 6.10 Å². The second-order valence-corrected chi connectivity index (χ2v) is 4.62. The van der Waals surface area contributed by atoms with Crippen molar-refractivity contribution in [1.82, 2.24) is 5.32 Å². The van der Waals surface area contributed by atoms with Crippen molar-refractivity contribution in [2.75, 3.05) is 6.54 Å². The zero-order valence-electron chi connectivity index (χ0n) is 10.0. The first-order chi connectivity index (χ1) is 8.75. The van der Waals surface area contributed by atoms with E-state index in [0.29, 0.717) is 11.6 Å². The molecule has 2 N–H and O–H groups in total. The minimum absolute atomic E-state index is 0.508. The second kappa shape index (κ2) is 6.55. The van der Waals surface area contributed by atoms with Crippen molar-refractivity contribution in [3.8, 4) is 0 Å². The number of aliphatic hydroxyl groups excluding tert-OH is 1. The maximum Gasteiger partial charge on any atom is 0.0914 e. The number of benzene rings is 2. The van der Waals surface area contributed by atoms with Gasteiger partial charge in [0, 0.05) is 18.1 Å². The molecule has 0 heterocycles. The molecule has 1 atom stereocenters. The molecule has 2 aromatic rings. The molecule has 0 amide bonds. The van der Waals surface area contributed by atoms with Gasteiger partial charge in [0.25, 0.3) is 0 Å². The number of nitrogens with one attached hydrogen (secondary N) is 1. The predicted molar refractivity (Wildman–Crippen MR) is 74.6 cm³/mol. The van der Waals surface area contributed by atoms with Crippen LogP contribution < -0.4 is 5.32 Å². The van der Waals surface area contributed by atoms with Crippen LogP contribution in [0.4, 0.5) is 0 Å². The maximum atomic E-state index is 9.98. The standard InChI is InChI=1S/C15H16ClNO/c16-14-8-6-13(7-9-14)15(18)11-17-10-12-4-2-1-3-5-12/h1-9,15,17-18H,10-11H2/t15-/m0/s1. The lowest BCUT2D eigenvalue weighted by molar-refractivity contribution is 0.174. The largest absolute Gasteiger partial charge is 0.387 e. The monoisotopic (exact) mass is 261 g/mol. The van der Waals surface area contributed by atoms with Gasteiger partial charge < -0.3 is 10.4 Å². The zero-order valence-corrected chi connectivity index (χ0v) is 10.8. The van der Waals surface area contributed by atoms with E-state index in [1.54, 1.807) is 12.1 Å². The summed E-state index contributed by atoms with van der Waals surface area (Å²) in [7, 11) is 0. The smallest absolute Gasteiger partial charge is 0.0914 e. The highest BCUT2D eigenvalue weighted by Gasteiger charge is 2.06. The first-order valence-electron chi connectivity index (χ1n) is 5.94. The van der Waals surface area contributed by atoms with E-state index in [2.05, 4.69) is 17.4 Å². The van der Waals surface area contributed by atoms with Crippen LogP contribution in [-0.4, -0.2) is 11.7 Å². The van der Waals surface area contributed by atoms with Gasteiger partial charge in [-0.25, -0.2) is 0 Å². The summed E-state index contributed by atoms with van der Waals surface area (Å²) in [6, 6.07) is 17.4. The molecule has 0 aromatic heterocycles. The Morgan fingerprint density at radius 1 is 1.00 bits per heavy atom. The van der Waals surface area contributed by atoms with Crippen LogP contribution in [0.2, 0.25) is 5.02 Å². The molecule has 3 heteroatoms. The number of aliphatic hydroxyl groups is 1. The number of rotatable bonds is 5. The molecular formula is C15H16ClNO. The summed E-state index contributed by atoms with van der Waals surface area (Å²) in [6.07, 6.45) is -0.508. The number of hydrogen-bond donors (Lipinski definition) is 2. The van der Waals surface area contributed by atoms with Gasteiger partial charge in [-0.2, -0.15) is 0 Å². The van der Waals surface area contributed by atoms with E-state index in [0.717, 1.165) is 12.1 Å². The Morgan fingerprint density at radius 2 is 1.67 bits per heavy atom. The Labute approximate surface area is 112 Å². The molecule has 0 spiro atoms. The molecule has 0 aliphatic carbocycles. The Hall–Kier alpha value is -1.35. The molecule has 0 bridgehead atoms. The topological polar surface area (TPSA) is 32.3 Å². The van der Waals surface area contributed by atoms with Crippen molar-refractivity contribution in [3.63, 3.8) is 0 Å². The van der Waals surface area contributed by atoms with Crippen molar-refractivity contribution in [2.45, 2.75) is 12.6 Å². The first-order valence-corrected chi connectivity index (χ1v) is 6.31. The molecule has 2 aromatic carbocycles. The van der Waals surface area contributed by atoms with E-state index in [1.165, 1.54) is 5.56 Å². The van der Waals surface area contributed by atoms with Crippen LogP contribution in [0.15, 0.2) is 54.6 Å². The molecule has 2 nitrogen and oxygen atoms in total. The van der Waals surface area contributed by atoms with Crippen molar-refractivity contribution < 1.29 is 5.11 Å². The van der Waals surface area contributed by atoms with Gasteiger partial charge in [-0.1, -0.05) is 54.1 Å². The summed E-state index contributed by atoms with van der Waals surface area (Å²) >= 11 is 5.80. The fourth-order valence-corrected chi connectivity index (χ4v) is 1.88. The molecule has 0 saturated heterocycles. The van der Waals surface area contributed by atoms with E-state index < -0.39 is 6.10 Å². The molecule has 0 fully saturated rings. The highest BCUT2D eigenvalue weighted by molar-refractivity contribution is 6.30. The lowest BCUT2D eigenvalue weighted by atomic mass is 10.1. The van der Waals surface area contributed by atoms with E-state index in [9.17, 15) is 5.11 Å². The third-order valence-electron chi connectivity index (χ3n) is 2.76. The van der Waals surface area contributed by atoms with Gasteiger partial charge in [0.15, 0.2) is 0 Å². The van der Waals surface area contributed by atoms with Gasteiger partial charge in [-0.15, -0.1) is 0 Å². The molecule has 0 radical (unpaired) electrons. The molecule has 0 aliphatic rings. The van der Waals surface area contributed by atoms with Gasteiger partial charge in [-0.05, 0) is 23.3 Å². The minimum atomic E-state index is -0.508. The highest BCUT2D eigenvalue weighted by Crippen LogP contribution is 2.15. The summed E-state index contributed by atoms with van der Waals surface area (Å²) in [5.41, 5.74) is 2.08. The van der Waals surface area contributed by atoms with Gasteiger partial charge in [0.1, 0.15) is 0 Å². The average Bonchev–Trinajstić information content (AvgIpc) is 2.40. The van der Waals surface area contributed by atoms with Crippen molar-refractivity contribution in [2.24, 2.45) is 0 Å². The highest BCUT2D eigenvalue weighted by atomic mass is 35.5. The normalized spacial score (nSPS) is 12.3. The van der Waals surface area contributed by atoms with Crippen LogP contribution in [0.25, 0.3) is 0 Å². The Kier molecular flexibility index (Phi) is 4.76. The van der Waals surface area contributed by atoms with Crippen molar-refractivity contribution >= 4 is 11.6 Å². The lowest BCUT2D eigenvalue weighted by Gasteiger charge is -2.12. The van der Waals surface area contributed by atoms with Crippen LogP contribution in [0, 0.1) is 0 Å². The fourth-order valence-electron chi connectivity index (χ4n) is 1.75. The molecule has 0 saturated carbocycles. The van der Waals surface area contributed by atoms with E-state index in [4.69, 9.17) is 11.6 Å². The predicted octanol–water partition coefficient (Wildman–Crippen LogP) is 3.16. The SMILES string of the molecule is O[C@@H](CNCc1ccccc1)c1ccc(Cl)cc1. The summed E-state index contributed by atoms with van der Waals surface area (Å²) in [4.78, 5) is 0. The van der Waals surface area contributed by atoms with E-state index in [1.807, 2.05) is 30.3 Å². The Bertz CT molecular complexity index is 470. The van der Waals surface area contributed by atoms with Crippen LogP contribution in [0.5, 0.6) is 0 Å². The number of hydrogen-bond acceptors (Lipinski definition) is 2. The van der Waals surface area contributed by atoms with Crippen LogP contribution in [-0.2, 0) is 6.54 Å². The molecule has 2 rings (SSSR count). The van der Waals surface area contributed by atoms with Gasteiger partial charge in [-0.3, -0.25) is 0 Å². The molecular weight excluding hydrogens is 246 g/mol. The third kappa shape index (κ3) is 3.84. The van der Waals surface area contributed by atoms with Gasteiger partial charge >= 0.3 is 0 Å². The van der Waals surface area contributed by atoms with E-state index in [-0.39, 0.29) is 0 Å². The van der Waals surface area contributed by atoms with Crippen molar-refractivity contribution in [3.05, 3.63) is 70.7 Å². The van der Waals surface area contributed by atoms with E-state index >= 15 is 0 Å². The van der Waals surface area contributed by atoms with Gasteiger partial charge in [0.2, 0.25) is 0 Å². The molecule has 0 aliphatic heterocycles. The molecule has 18 heavy (non-hydrogen) atoms. The summed E-state index contributed by atoms with van der Waals surface area (Å²) < 4.78 is 0. The maximum absolute atomic E-state index is 9.98. The Morgan fingerprint density at radius 3 is 2.33 bits per heavy atom. The summed E-state index contributed by atoms with van der Waals surface area (Å²) in [6.45, 7) is 1.28. The lowest BCUT2D eigenvalue weighted by Crippen LogP contribution is -2.20. The van der Waals surface area contributed by atoms with Crippen LogP contribution >= 0.6 is 11.6 Å².